The van der Waals surface area contributed by atoms with Gasteiger partial charge >= 0.3 is 0 Å². The van der Waals surface area contributed by atoms with Gasteiger partial charge in [0.2, 0.25) is 0 Å². The predicted octanol–water partition coefficient (Wildman–Crippen LogP) is 0.944. The van der Waals surface area contributed by atoms with E-state index < -0.39 is 11.8 Å². The van der Waals surface area contributed by atoms with E-state index in [1.807, 2.05) is 30.3 Å². The van der Waals surface area contributed by atoms with Gasteiger partial charge in [0.15, 0.2) is 0 Å². The molecule has 0 aromatic heterocycles. The highest BCUT2D eigenvalue weighted by atomic mass is 16.2. The lowest BCUT2D eigenvalue weighted by atomic mass is 10.2. The smallest absolute Gasteiger partial charge is 0.265 e. The van der Waals surface area contributed by atoms with Crippen LogP contribution in [0.5, 0.6) is 0 Å². The van der Waals surface area contributed by atoms with E-state index in [4.69, 9.17) is 0 Å². The molecule has 0 aliphatic heterocycles. The molecule has 1 aromatic carbocycles. The standard InChI is InChI=1S/C14H14N2O3/c1-2-13(18)15-16(10-11-17)14(19)9-8-12-6-4-3-5-7-12/h2-9,11H,1,10H2,(H,15,18)/b9-8+. The van der Waals surface area contributed by atoms with E-state index in [-0.39, 0.29) is 6.54 Å². The third kappa shape index (κ3) is 4.99. The van der Waals surface area contributed by atoms with E-state index in [0.29, 0.717) is 6.29 Å². The summed E-state index contributed by atoms with van der Waals surface area (Å²) in [5, 5.41) is 0.913. The predicted molar refractivity (Wildman–Crippen MR) is 71.6 cm³/mol. The van der Waals surface area contributed by atoms with Crippen molar-refractivity contribution in [1.82, 2.24) is 10.4 Å². The first-order valence-corrected chi connectivity index (χ1v) is 5.58. The number of aldehydes is 1. The van der Waals surface area contributed by atoms with Crippen molar-refractivity contribution in [3.63, 3.8) is 0 Å². The van der Waals surface area contributed by atoms with E-state index in [0.717, 1.165) is 16.6 Å². The van der Waals surface area contributed by atoms with Crippen molar-refractivity contribution in [1.29, 1.82) is 0 Å². The van der Waals surface area contributed by atoms with Crippen LogP contribution in [0.1, 0.15) is 5.56 Å². The quantitative estimate of drug-likeness (QED) is 0.485. The molecule has 5 nitrogen and oxygen atoms in total. The van der Waals surface area contributed by atoms with Crippen molar-refractivity contribution >= 4 is 24.2 Å². The van der Waals surface area contributed by atoms with E-state index in [1.165, 1.54) is 6.08 Å². The van der Waals surface area contributed by atoms with Gasteiger partial charge in [0.1, 0.15) is 6.29 Å². The molecule has 19 heavy (non-hydrogen) atoms. The summed E-state index contributed by atoms with van der Waals surface area (Å²) >= 11 is 0. The number of hydrogen-bond acceptors (Lipinski definition) is 3. The normalized spacial score (nSPS) is 9.89. The van der Waals surface area contributed by atoms with Crippen LogP contribution in [0.4, 0.5) is 0 Å². The van der Waals surface area contributed by atoms with Gasteiger partial charge in [0, 0.05) is 6.08 Å². The number of nitrogens with zero attached hydrogens (tertiary/aromatic N) is 1. The monoisotopic (exact) mass is 258 g/mol. The van der Waals surface area contributed by atoms with Gasteiger partial charge < -0.3 is 4.79 Å². The number of amides is 2. The lowest BCUT2D eigenvalue weighted by Crippen LogP contribution is -2.45. The molecule has 2 amide bonds. The molecule has 0 aliphatic carbocycles. The molecule has 5 heteroatoms. The van der Waals surface area contributed by atoms with Crippen molar-refractivity contribution < 1.29 is 14.4 Å². The van der Waals surface area contributed by atoms with Gasteiger partial charge in [-0.2, -0.15) is 0 Å². The van der Waals surface area contributed by atoms with Gasteiger partial charge in [-0.3, -0.25) is 15.0 Å². The summed E-state index contributed by atoms with van der Waals surface area (Å²) in [6.45, 7) is 3.05. The van der Waals surface area contributed by atoms with Crippen LogP contribution in [0.2, 0.25) is 0 Å². The van der Waals surface area contributed by atoms with E-state index in [2.05, 4.69) is 12.0 Å². The van der Waals surface area contributed by atoms with Crippen molar-refractivity contribution in [2.45, 2.75) is 0 Å². The summed E-state index contributed by atoms with van der Waals surface area (Å²) in [7, 11) is 0. The van der Waals surface area contributed by atoms with Crippen molar-refractivity contribution in [3.8, 4) is 0 Å². The Hall–Kier alpha value is -2.69. The summed E-state index contributed by atoms with van der Waals surface area (Å²) in [6, 6.07) is 9.20. The highest BCUT2D eigenvalue weighted by molar-refractivity contribution is 5.95. The average Bonchev–Trinajstić information content (AvgIpc) is 2.45. The second kappa shape index (κ2) is 7.60. The fourth-order valence-corrected chi connectivity index (χ4v) is 1.27. The van der Waals surface area contributed by atoms with Crippen LogP contribution in [-0.4, -0.2) is 29.7 Å². The molecule has 0 saturated heterocycles. The molecule has 1 rings (SSSR count). The molecule has 1 aromatic rings. The minimum absolute atomic E-state index is 0.225. The van der Waals surface area contributed by atoms with E-state index >= 15 is 0 Å². The lowest BCUT2D eigenvalue weighted by molar-refractivity contribution is -0.137. The summed E-state index contributed by atoms with van der Waals surface area (Å²) in [4.78, 5) is 33.4. The van der Waals surface area contributed by atoms with Gasteiger partial charge in [-0.25, -0.2) is 5.01 Å². The van der Waals surface area contributed by atoms with Crippen LogP contribution in [0.3, 0.4) is 0 Å². The molecule has 0 heterocycles. The highest BCUT2D eigenvalue weighted by Crippen LogP contribution is 2.01. The fourth-order valence-electron chi connectivity index (χ4n) is 1.27. The van der Waals surface area contributed by atoms with Crippen LogP contribution in [0.15, 0.2) is 49.1 Å². The average molecular weight is 258 g/mol. The van der Waals surface area contributed by atoms with Gasteiger partial charge in [0.25, 0.3) is 11.8 Å². The van der Waals surface area contributed by atoms with Gasteiger partial charge in [-0.05, 0) is 17.7 Å². The van der Waals surface area contributed by atoms with Crippen LogP contribution < -0.4 is 5.43 Å². The Bertz CT molecular complexity index is 495. The summed E-state index contributed by atoms with van der Waals surface area (Å²) in [5.41, 5.74) is 3.09. The number of nitrogens with one attached hydrogen (secondary N) is 1. The van der Waals surface area contributed by atoms with Crippen molar-refractivity contribution in [3.05, 3.63) is 54.6 Å². The van der Waals surface area contributed by atoms with Crippen molar-refractivity contribution in [2.75, 3.05) is 6.54 Å². The third-order valence-corrected chi connectivity index (χ3v) is 2.17. The van der Waals surface area contributed by atoms with Gasteiger partial charge in [0.05, 0.1) is 6.54 Å². The van der Waals surface area contributed by atoms with Crippen molar-refractivity contribution in [2.24, 2.45) is 0 Å². The number of carbonyl (C=O) groups excluding carboxylic acids is 3. The number of hydrogen-bond donors (Lipinski definition) is 1. The number of hydrazine groups is 1. The lowest BCUT2D eigenvalue weighted by Gasteiger charge is -2.18. The van der Waals surface area contributed by atoms with Gasteiger partial charge in [-0.15, -0.1) is 0 Å². The first-order valence-electron chi connectivity index (χ1n) is 5.58. The maximum absolute atomic E-state index is 11.8. The van der Waals surface area contributed by atoms with E-state index in [9.17, 15) is 14.4 Å². The molecule has 0 atom stereocenters. The number of carbonyl (C=O) groups is 3. The molecular formula is C14H14N2O3. The zero-order valence-corrected chi connectivity index (χ0v) is 10.3. The first-order chi connectivity index (χ1) is 9.17. The molecule has 0 bridgehead atoms. The van der Waals surface area contributed by atoms with Crippen LogP contribution in [-0.2, 0) is 14.4 Å². The summed E-state index contributed by atoms with van der Waals surface area (Å²) < 4.78 is 0. The highest BCUT2D eigenvalue weighted by Gasteiger charge is 2.11. The minimum Gasteiger partial charge on any atom is -0.301 e. The van der Waals surface area contributed by atoms with Gasteiger partial charge in [-0.1, -0.05) is 36.9 Å². The second-order valence-electron chi connectivity index (χ2n) is 3.54. The fraction of sp³-hybridized carbons (Fsp3) is 0.0714. The molecule has 0 radical (unpaired) electrons. The topological polar surface area (TPSA) is 66.5 Å². The molecule has 0 aliphatic rings. The Morgan fingerprint density at radius 2 is 1.95 bits per heavy atom. The summed E-state index contributed by atoms with van der Waals surface area (Å²) in [6.07, 6.45) is 4.42. The third-order valence-electron chi connectivity index (χ3n) is 2.17. The second-order valence-corrected chi connectivity index (χ2v) is 3.54. The maximum Gasteiger partial charge on any atom is 0.265 e. The summed E-state index contributed by atoms with van der Waals surface area (Å²) in [5.74, 6) is -1.05. The van der Waals surface area contributed by atoms with Crippen LogP contribution >= 0.6 is 0 Å². The minimum atomic E-state index is -0.552. The molecule has 0 fully saturated rings. The van der Waals surface area contributed by atoms with Crippen LogP contribution in [0, 0.1) is 0 Å². The molecule has 1 N–H and O–H groups in total. The Morgan fingerprint density at radius 3 is 2.53 bits per heavy atom. The SMILES string of the molecule is C=CC(=O)NN(CC=O)C(=O)/C=C/c1ccccc1. The molecule has 0 saturated carbocycles. The number of rotatable bonds is 5. The molecule has 0 unspecified atom stereocenters. The number of benzene rings is 1. The molecular weight excluding hydrogens is 244 g/mol. The Morgan fingerprint density at radius 1 is 1.26 bits per heavy atom. The Balaban J connectivity index is 2.71. The first kappa shape index (κ1) is 14.4. The molecule has 98 valence electrons. The van der Waals surface area contributed by atoms with E-state index in [1.54, 1.807) is 6.08 Å². The van der Waals surface area contributed by atoms with Crippen LogP contribution in [0.25, 0.3) is 6.08 Å². The largest absolute Gasteiger partial charge is 0.301 e. The maximum atomic E-state index is 11.8. The Labute approximate surface area is 111 Å². The zero-order valence-electron chi connectivity index (χ0n) is 10.3. The zero-order chi connectivity index (χ0) is 14.1. The molecule has 0 spiro atoms. The Kier molecular flexibility index (Phi) is 5.75.